The molecule has 4 rings (SSSR count). The van der Waals surface area contributed by atoms with Crippen molar-refractivity contribution in [3.05, 3.63) is 88.6 Å². The third-order valence-electron chi connectivity index (χ3n) is 5.13. The smallest absolute Gasteiger partial charge is 0.282 e. The molecule has 1 aliphatic heterocycles. The van der Waals surface area contributed by atoms with Crippen molar-refractivity contribution in [2.75, 3.05) is 24.4 Å². The van der Waals surface area contributed by atoms with Crippen LogP contribution in [0.25, 0.3) is 5.57 Å². The monoisotopic (exact) mass is 448 g/mol. The lowest BCUT2D eigenvalue weighted by Crippen LogP contribution is -2.32. The molecule has 6 nitrogen and oxygen atoms in total. The molecule has 0 radical (unpaired) electrons. The molecule has 3 aromatic carbocycles. The van der Waals surface area contributed by atoms with Crippen molar-refractivity contribution in [2.45, 2.75) is 6.92 Å². The van der Waals surface area contributed by atoms with Gasteiger partial charge in [0.25, 0.3) is 11.8 Å². The quantitative estimate of drug-likeness (QED) is 0.534. The fraction of sp³-hybridized carbons (Fsp3) is 0.120. The number of imide groups is 1. The third-order valence-corrected chi connectivity index (χ3v) is 5.38. The van der Waals surface area contributed by atoms with Crippen LogP contribution in [0.1, 0.15) is 11.1 Å². The largest absolute Gasteiger partial charge is 0.497 e. The van der Waals surface area contributed by atoms with E-state index in [1.54, 1.807) is 67.8 Å². The van der Waals surface area contributed by atoms with Crippen molar-refractivity contribution in [1.29, 1.82) is 0 Å². The van der Waals surface area contributed by atoms with Crippen LogP contribution in [0.15, 0.2) is 72.4 Å². The van der Waals surface area contributed by atoms with Gasteiger partial charge in [0, 0.05) is 16.8 Å². The normalized spacial score (nSPS) is 13.6. The minimum absolute atomic E-state index is 0.161. The molecular weight excluding hydrogens is 428 g/mol. The lowest BCUT2D eigenvalue weighted by atomic mass is 10.0. The number of hydrogen-bond acceptors (Lipinski definition) is 5. The first-order chi connectivity index (χ1) is 15.4. The van der Waals surface area contributed by atoms with Gasteiger partial charge in [0.2, 0.25) is 0 Å². The van der Waals surface area contributed by atoms with Gasteiger partial charge < -0.3 is 14.8 Å². The van der Waals surface area contributed by atoms with Gasteiger partial charge in [0.15, 0.2) is 0 Å². The van der Waals surface area contributed by atoms with Gasteiger partial charge in [-0.3, -0.25) is 9.59 Å². The van der Waals surface area contributed by atoms with Gasteiger partial charge >= 0.3 is 0 Å². The minimum atomic E-state index is -0.480. The Hall–Kier alpha value is -3.77. The molecule has 1 N–H and O–H groups in total. The molecule has 2 amide bonds. The zero-order chi connectivity index (χ0) is 22.8. The highest BCUT2D eigenvalue weighted by Gasteiger charge is 2.41. The third kappa shape index (κ3) is 3.92. The van der Waals surface area contributed by atoms with Crippen LogP contribution in [0.2, 0.25) is 5.02 Å². The zero-order valence-electron chi connectivity index (χ0n) is 17.8. The van der Waals surface area contributed by atoms with Crippen molar-refractivity contribution in [3.8, 4) is 11.5 Å². The summed E-state index contributed by atoms with van der Waals surface area (Å²) in [7, 11) is 3.07. The molecule has 1 heterocycles. The number of methoxy groups -OCH3 is 2. The summed E-state index contributed by atoms with van der Waals surface area (Å²) < 4.78 is 10.7. The van der Waals surface area contributed by atoms with Crippen molar-refractivity contribution in [1.82, 2.24) is 0 Å². The van der Waals surface area contributed by atoms with Gasteiger partial charge in [-0.25, -0.2) is 4.90 Å². The van der Waals surface area contributed by atoms with Crippen molar-refractivity contribution in [3.63, 3.8) is 0 Å². The molecule has 0 saturated carbocycles. The zero-order valence-corrected chi connectivity index (χ0v) is 18.6. The number of ether oxygens (including phenoxy) is 2. The van der Waals surface area contributed by atoms with Gasteiger partial charge in [-0.1, -0.05) is 35.9 Å². The van der Waals surface area contributed by atoms with Crippen molar-refractivity contribution >= 4 is 40.4 Å². The van der Waals surface area contributed by atoms with Crippen molar-refractivity contribution in [2.24, 2.45) is 0 Å². The Balaban J connectivity index is 1.85. The summed E-state index contributed by atoms with van der Waals surface area (Å²) in [4.78, 5) is 28.3. The van der Waals surface area contributed by atoms with E-state index < -0.39 is 11.8 Å². The molecule has 0 unspecified atom stereocenters. The highest BCUT2D eigenvalue weighted by Crippen LogP contribution is 2.38. The molecule has 0 aromatic heterocycles. The molecule has 3 aromatic rings. The predicted octanol–water partition coefficient (Wildman–Crippen LogP) is 5.06. The molecular formula is C25H21ClN2O4. The highest BCUT2D eigenvalue weighted by atomic mass is 35.5. The summed E-state index contributed by atoms with van der Waals surface area (Å²) in [6.45, 7) is 1.89. The Kier molecular flexibility index (Phi) is 5.88. The van der Waals surface area contributed by atoms with E-state index in [1.807, 2.05) is 13.0 Å². The van der Waals surface area contributed by atoms with Crippen LogP contribution in [0.5, 0.6) is 11.5 Å². The standard InChI is InChI=1S/C25H21ClN2O4/c1-15-7-12-21(32-3)20(13-15)28-24(29)22(16-8-10-17(26)11-9-16)23(25(28)30)27-18-5-4-6-19(14-18)31-2/h4-14,27H,1-3H3. The summed E-state index contributed by atoms with van der Waals surface area (Å²) in [5.41, 5.74) is 2.88. The summed E-state index contributed by atoms with van der Waals surface area (Å²) in [5.74, 6) is 0.117. The Morgan fingerprint density at radius 3 is 2.31 bits per heavy atom. The summed E-state index contributed by atoms with van der Waals surface area (Å²) in [5, 5.41) is 3.66. The molecule has 0 aliphatic carbocycles. The Labute approximate surface area is 191 Å². The molecule has 0 saturated heterocycles. The number of benzene rings is 3. The molecule has 162 valence electrons. The Bertz CT molecular complexity index is 1230. The fourth-order valence-corrected chi connectivity index (χ4v) is 3.69. The molecule has 7 heteroatoms. The summed E-state index contributed by atoms with van der Waals surface area (Å²) in [6.07, 6.45) is 0. The van der Waals surface area contributed by atoms with Crippen LogP contribution < -0.4 is 19.7 Å². The van der Waals surface area contributed by atoms with E-state index in [-0.39, 0.29) is 11.3 Å². The molecule has 0 fully saturated rings. The number of anilines is 2. The molecule has 1 aliphatic rings. The van der Waals surface area contributed by atoms with Crippen LogP contribution in [0.4, 0.5) is 11.4 Å². The topological polar surface area (TPSA) is 67.9 Å². The molecule has 32 heavy (non-hydrogen) atoms. The second kappa shape index (κ2) is 8.77. The van der Waals surface area contributed by atoms with Crippen LogP contribution in [0, 0.1) is 6.92 Å². The SMILES string of the molecule is COc1cccc(NC2=C(c3ccc(Cl)cc3)C(=O)N(c3cc(C)ccc3OC)C2=O)c1. The van der Waals surface area contributed by atoms with Crippen LogP contribution in [-0.4, -0.2) is 26.0 Å². The van der Waals surface area contributed by atoms with E-state index in [4.69, 9.17) is 21.1 Å². The van der Waals surface area contributed by atoms with Crippen LogP contribution >= 0.6 is 11.6 Å². The van der Waals surface area contributed by atoms with E-state index in [2.05, 4.69) is 5.32 Å². The van der Waals surface area contributed by atoms with E-state index in [0.29, 0.717) is 33.5 Å². The maximum Gasteiger partial charge on any atom is 0.282 e. The van der Waals surface area contributed by atoms with Crippen molar-refractivity contribution < 1.29 is 19.1 Å². The van der Waals surface area contributed by atoms with Gasteiger partial charge in [-0.15, -0.1) is 0 Å². The molecule has 0 spiro atoms. The maximum absolute atomic E-state index is 13.6. The van der Waals surface area contributed by atoms with Gasteiger partial charge in [0.1, 0.15) is 17.2 Å². The number of carbonyl (C=O) groups is 2. The first-order valence-corrected chi connectivity index (χ1v) is 10.3. The van der Waals surface area contributed by atoms with Crippen LogP contribution in [-0.2, 0) is 9.59 Å². The second-order valence-electron chi connectivity index (χ2n) is 7.23. The fourth-order valence-electron chi connectivity index (χ4n) is 3.57. The Morgan fingerprint density at radius 2 is 1.62 bits per heavy atom. The average molecular weight is 449 g/mol. The average Bonchev–Trinajstić information content (AvgIpc) is 3.03. The van der Waals surface area contributed by atoms with E-state index in [0.717, 1.165) is 10.5 Å². The first-order valence-electron chi connectivity index (χ1n) is 9.87. The van der Waals surface area contributed by atoms with E-state index in [9.17, 15) is 9.59 Å². The number of carbonyl (C=O) groups excluding carboxylic acids is 2. The lowest BCUT2D eigenvalue weighted by Gasteiger charge is -2.19. The number of rotatable bonds is 6. The number of amides is 2. The molecule has 0 atom stereocenters. The summed E-state index contributed by atoms with van der Waals surface area (Å²) >= 11 is 6.04. The highest BCUT2D eigenvalue weighted by molar-refractivity contribution is 6.46. The van der Waals surface area contributed by atoms with Gasteiger partial charge in [-0.2, -0.15) is 0 Å². The van der Waals surface area contributed by atoms with Crippen LogP contribution in [0.3, 0.4) is 0 Å². The number of hydrogen-bond donors (Lipinski definition) is 1. The Morgan fingerprint density at radius 1 is 0.875 bits per heavy atom. The minimum Gasteiger partial charge on any atom is -0.497 e. The maximum atomic E-state index is 13.6. The van der Waals surface area contributed by atoms with E-state index >= 15 is 0 Å². The number of aryl methyl sites for hydroxylation is 1. The second-order valence-corrected chi connectivity index (χ2v) is 7.67. The van der Waals surface area contributed by atoms with E-state index in [1.165, 1.54) is 7.11 Å². The molecule has 0 bridgehead atoms. The predicted molar refractivity (Wildman–Crippen MR) is 125 cm³/mol. The number of nitrogens with one attached hydrogen (secondary N) is 1. The summed E-state index contributed by atoms with van der Waals surface area (Å²) in [6, 6.07) is 19.3. The van der Waals surface area contributed by atoms with Gasteiger partial charge in [-0.05, 0) is 54.4 Å². The first kappa shape index (κ1) is 21.5. The lowest BCUT2D eigenvalue weighted by molar-refractivity contribution is -0.120. The van der Waals surface area contributed by atoms with Gasteiger partial charge in [0.05, 0.1) is 25.5 Å². The number of nitrogens with zero attached hydrogens (tertiary/aromatic N) is 1. The number of halogens is 1.